The largest absolute Gasteiger partial charge is 0.495 e. The van der Waals surface area contributed by atoms with Crippen LogP contribution in [0.2, 0.25) is 5.02 Å². The van der Waals surface area contributed by atoms with Gasteiger partial charge in [-0.05, 0) is 65.7 Å². The number of fused-ring (bicyclic) bond motifs is 1. The normalized spacial score (nSPS) is 10.8. The van der Waals surface area contributed by atoms with Crippen LogP contribution in [-0.4, -0.2) is 23.2 Å². The van der Waals surface area contributed by atoms with Gasteiger partial charge in [-0.2, -0.15) is 0 Å². The van der Waals surface area contributed by atoms with Crippen LogP contribution in [0.3, 0.4) is 0 Å². The van der Waals surface area contributed by atoms with Crippen LogP contribution in [0.1, 0.15) is 16.1 Å². The number of aromatic nitrogens is 1. The van der Waals surface area contributed by atoms with Crippen LogP contribution in [0.4, 0.5) is 5.69 Å². The molecule has 3 aromatic carbocycles. The number of amides is 1. The Morgan fingerprint density at radius 2 is 1.65 bits per heavy atom. The Morgan fingerprint density at radius 3 is 2.38 bits per heavy atom. The predicted molar refractivity (Wildman–Crippen MR) is 145 cm³/mol. The summed E-state index contributed by atoms with van der Waals surface area (Å²) in [5.74, 6) is -0.236. The van der Waals surface area contributed by atoms with Crippen molar-refractivity contribution in [3.8, 4) is 22.6 Å². The lowest BCUT2D eigenvalue weighted by Gasteiger charge is -2.10. The standard InChI is InChI=1S/C30H23ClN2O4/c1-36-27-15-10-21(17-26(27)31)25-18-23-9-5-6-16-33(23)28(25)29(34)30(35)32-22-11-13-24(14-12-22)37-19-20-7-3-2-4-8-20/h2-18H,19H2,1H3,(H,32,35). The van der Waals surface area contributed by atoms with Crippen LogP contribution < -0.4 is 14.8 Å². The van der Waals surface area contributed by atoms with E-state index in [1.807, 2.05) is 54.6 Å². The maximum atomic E-state index is 13.4. The van der Waals surface area contributed by atoms with Gasteiger partial charge in [0.2, 0.25) is 0 Å². The number of carbonyl (C=O) groups is 2. The smallest absolute Gasteiger partial charge is 0.298 e. The molecule has 0 unspecified atom stereocenters. The van der Waals surface area contributed by atoms with Crippen molar-refractivity contribution in [3.05, 3.63) is 120 Å². The van der Waals surface area contributed by atoms with Crippen molar-refractivity contribution in [2.75, 3.05) is 12.4 Å². The van der Waals surface area contributed by atoms with Gasteiger partial charge in [0.25, 0.3) is 11.7 Å². The number of pyridine rings is 1. The molecule has 0 saturated carbocycles. The highest BCUT2D eigenvalue weighted by atomic mass is 35.5. The zero-order valence-electron chi connectivity index (χ0n) is 20.0. The third-order valence-electron chi connectivity index (χ3n) is 5.92. The average molecular weight is 511 g/mol. The van der Waals surface area contributed by atoms with Gasteiger partial charge >= 0.3 is 0 Å². The number of methoxy groups -OCH3 is 1. The Balaban J connectivity index is 1.37. The maximum Gasteiger partial charge on any atom is 0.298 e. The summed E-state index contributed by atoms with van der Waals surface area (Å²) in [6, 6.07) is 29.4. The Kier molecular flexibility index (Phi) is 6.92. The number of hydrogen-bond acceptors (Lipinski definition) is 4. The summed E-state index contributed by atoms with van der Waals surface area (Å²) in [5, 5.41) is 3.11. The molecule has 0 spiro atoms. The molecule has 2 heterocycles. The molecule has 0 saturated heterocycles. The van der Waals surface area contributed by atoms with Crippen LogP contribution in [-0.2, 0) is 11.4 Å². The summed E-state index contributed by atoms with van der Waals surface area (Å²) in [7, 11) is 1.54. The predicted octanol–water partition coefficient (Wildman–Crippen LogP) is 6.67. The monoisotopic (exact) mass is 510 g/mol. The van der Waals surface area contributed by atoms with E-state index < -0.39 is 11.7 Å². The first-order valence-electron chi connectivity index (χ1n) is 11.6. The van der Waals surface area contributed by atoms with E-state index in [2.05, 4.69) is 5.32 Å². The van der Waals surface area contributed by atoms with Crippen LogP contribution in [0.25, 0.3) is 16.6 Å². The first kappa shape index (κ1) is 24.2. The number of rotatable bonds is 8. The number of ketones is 1. The molecule has 2 aromatic heterocycles. The van der Waals surface area contributed by atoms with Crippen LogP contribution in [0.15, 0.2) is 103 Å². The summed E-state index contributed by atoms with van der Waals surface area (Å²) in [4.78, 5) is 26.5. The second-order valence-electron chi connectivity index (χ2n) is 8.33. The van der Waals surface area contributed by atoms with Crippen molar-refractivity contribution in [1.29, 1.82) is 0 Å². The van der Waals surface area contributed by atoms with Crippen LogP contribution in [0.5, 0.6) is 11.5 Å². The number of carbonyl (C=O) groups excluding carboxylic acids is 2. The molecule has 1 amide bonds. The topological polar surface area (TPSA) is 69.0 Å². The van der Waals surface area contributed by atoms with Gasteiger partial charge < -0.3 is 19.2 Å². The first-order valence-corrected chi connectivity index (χ1v) is 12.0. The third kappa shape index (κ3) is 5.20. The summed E-state index contributed by atoms with van der Waals surface area (Å²) >= 11 is 6.34. The number of ether oxygens (including phenoxy) is 2. The lowest BCUT2D eigenvalue weighted by molar-refractivity contribution is -0.112. The summed E-state index contributed by atoms with van der Waals surface area (Å²) in [6.07, 6.45) is 1.75. The lowest BCUT2D eigenvalue weighted by atomic mass is 10.0. The van der Waals surface area contributed by atoms with E-state index in [0.717, 1.165) is 11.1 Å². The molecule has 6 nitrogen and oxygen atoms in total. The number of halogens is 1. The molecular formula is C30H23ClN2O4. The highest BCUT2D eigenvalue weighted by Gasteiger charge is 2.25. The van der Waals surface area contributed by atoms with Crippen molar-refractivity contribution in [2.45, 2.75) is 6.61 Å². The van der Waals surface area contributed by atoms with Gasteiger partial charge in [0.1, 0.15) is 23.8 Å². The minimum atomic E-state index is -0.748. The van der Waals surface area contributed by atoms with Gasteiger partial charge in [-0.3, -0.25) is 9.59 Å². The van der Waals surface area contributed by atoms with Gasteiger partial charge in [0.05, 0.1) is 12.1 Å². The van der Waals surface area contributed by atoms with E-state index in [-0.39, 0.29) is 5.69 Å². The van der Waals surface area contributed by atoms with Gasteiger partial charge in [-0.15, -0.1) is 0 Å². The van der Waals surface area contributed by atoms with Crippen LogP contribution >= 0.6 is 11.6 Å². The SMILES string of the molecule is COc1ccc(-c2cc3ccccn3c2C(=O)C(=O)Nc2ccc(OCc3ccccc3)cc2)cc1Cl. The summed E-state index contributed by atoms with van der Waals surface area (Å²) in [5.41, 5.74) is 3.86. The van der Waals surface area contributed by atoms with E-state index in [9.17, 15) is 9.59 Å². The number of nitrogens with zero attached hydrogens (tertiary/aromatic N) is 1. The molecule has 0 atom stereocenters. The molecule has 5 rings (SSSR count). The van der Waals surface area contributed by atoms with Crippen molar-refractivity contribution >= 4 is 34.5 Å². The van der Waals surface area contributed by atoms with Crippen molar-refractivity contribution in [1.82, 2.24) is 4.40 Å². The molecule has 0 aliphatic carbocycles. The van der Waals surface area contributed by atoms with Crippen molar-refractivity contribution in [2.24, 2.45) is 0 Å². The van der Waals surface area contributed by atoms with Gasteiger partial charge in [0, 0.05) is 23.0 Å². The fourth-order valence-electron chi connectivity index (χ4n) is 4.08. The van der Waals surface area contributed by atoms with E-state index >= 15 is 0 Å². The van der Waals surface area contributed by atoms with E-state index in [1.54, 1.807) is 53.1 Å². The zero-order chi connectivity index (χ0) is 25.8. The minimum Gasteiger partial charge on any atom is -0.495 e. The molecule has 0 aliphatic heterocycles. The fraction of sp³-hybridized carbons (Fsp3) is 0.0667. The second-order valence-corrected chi connectivity index (χ2v) is 8.74. The number of anilines is 1. The second kappa shape index (κ2) is 10.6. The molecule has 0 radical (unpaired) electrons. The highest BCUT2D eigenvalue weighted by Crippen LogP contribution is 2.34. The highest BCUT2D eigenvalue weighted by molar-refractivity contribution is 6.47. The van der Waals surface area contributed by atoms with Crippen molar-refractivity contribution in [3.63, 3.8) is 0 Å². The quantitative estimate of drug-likeness (QED) is 0.187. The summed E-state index contributed by atoms with van der Waals surface area (Å²) in [6.45, 7) is 0.435. The molecule has 7 heteroatoms. The maximum absolute atomic E-state index is 13.4. The van der Waals surface area contributed by atoms with Gasteiger partial charge in [0.15, 0.2) is 0 Å². The molecule has 1 N–H and O–H groups in total. The Hall–Kier alpha value is -4.55. The molecule has 0 aliphatic rings. The van der Waals surface area contributed by atoms with Gasteiger partial charge in [-0.25, -0.2) is 0 Å². The lowest BCUT2D eigenvalue weighted by Crippen LogP contribution is -2.24. The molecule has 184 valence electrons. The van der Waals surface area contributed by atoms with Crippen LogP contribution in [0, 0.1) is 0 Å². The van der Waals surface area contributed by atoms with Gasteiger partial charge in [-0.1, -0.05) is 54.1 Å². The first-order chi connectivity index (χ1) is 18.0. The molecule has 0 bridgehead atoms. The Bertz CT molecular complexity index is 1580. The minimum absolute atomic E-state index is 0.247. The molecular weight excluding hydrogens is 488 g/mol. The Labute approximate surface area is 219 Å². The molecule has 37 heavy (non-hydrogen) atoms. The number of Topliss-reactive ketones (excluding diaryl/α,β-unsaturated/α-hetero) is 1. The molecule has 5 aromatic rings. The molecule has 0 fully saturated rings. The van der Waals surface area contributed by atoms with Crippen molar-refractivity contribution < 1.29 is 19.1 Å². The number of hydrogen-bond donors (Lipinski definition) is 1. The number of nitrogens with one attached hydrogen (secondary N) is 1. The third-order valence-corrected chi connectivity index (χ3v) is 6.22. The number of benzene rings is 3. The average Bonchev–Trinajstić information content (AvgIpc) is 3.32. The van der Waals surface area contributed by atoms with E-state index in [1.165, 1.54) is 7.11 Å². The summed E-state index contributed by atoms with van der Waals surface area (Å²) < 4.78 is 12.7. The zero-order valence-corrected chi connectivity index (χ0v) is 20.7. The van der Waals surface area contributed by atoms with E-state index in [0.29, 0.717) is 39.9 Å². The fourth-order valence-corrected chi connectivity index (χ4v) is 4.34. The Morgan fingerprint density at radius 1 is 0.892 bits per heavy atom. The van der Waals surface area contributed by atoms with E-state index in [4.69, 9.17) is 21.1 Å².